The zero-order chi connectivity index (χ0) is 23.4. The molecule has 3 aromatic carbocycles. The largest absolute Gasteiger partial charge is 0.449 e. The number of fused-ring (bicyclic) bond motifs is 1. The van der Waals surface area contributed by atoms with Gasteiger partial charge in [-0.1, -0.05) is 71.8 Å². The lowest BCUT2D eigenvalue weighted by molar-refractivity contribution is -0.147. The Balaban J connectivity index is 1.52. The molecular formula is C27H24N2O4. The lowest BCUT2D eigenvalue weighted by Gasteiger charge is -2.18. The van der Waals surface area contributed by atoms with Gasteiger partial charge in [0.2, 0.25) is 5.78 Å². The fourth-order valence-corrected chi connectivity index (χ4v) is 3.55. The first-order valence-corrected chi connectivity index (χ1v) is 10.8. The molecule has 4 aromatic rings. The number of benzene rings is 3. The Kier molecular flexibility index (Phi) is 6.45. The average Bonchev–Trinajstić information content (AvgIpc) is 2.82. The second-order valence-electron chi connectivity index (χ2n) is 8.04. The number of hydrogen-bond acceptors (Lipinski definition) is 5. The molecule has 0 bridgehead atoms. The molecule has 0 unspecified atom stereocenters. The molecule has 0 fully saturated rings. The number of nitrogens with zero attached hydrogens (tertiary/aromatic N) is 1. The van der Waals surface area contributed by atoms with Crippen molar-refractivity contribution in [3.8, 4) is 0 Å². The van der Waals surface area contributed by atoms with Crippen LogP contribution in [-0.2, 0) is 16.0 Å². The summed E-state index contributed by atoms with van der Waals surface area (Å²) in [4.78, 5) is 45.3. The number of esters is 1. The summed E-state index contributed by atoms with van der Waals surface area (Å²) in [6, 6.07) is 21.5. The van der Waals surface area contributed by atoms with E-state index in [9.17, 15) is 14.4 Å². The molecule has 0 radical (unpaired) electrons. The summed E-state index contributed by atoms with van der Waals surface area (Å²) >= 11 is 0. The zero-order valence-corrected chi connectivity index (χ0v) is 18.5. The summed E-state index contributed by atoms with van der Waals surface area (Å²) in [5, 5.41) is 0.493. The molecule has 0 saturated heterocycles. The second kappa shape index (κ2) is 9.61. The van der Waals surface area contributed by atoms with E-state index in [1.54, 1.807) is 48.5 Å². The highest BCUT2D eigenvalue weighted by atomic mass is 16.5. The van der Waals surface area contributed by atoms with Gasteiger partial charge in [-0.15, -0.1) is 0 Å². The molecule has 33 heavy (non-hydrogen) atoms. The first-order chi connectivity index (χ1) is 15.9. The number of ketones is 1. The summed E-state index contributed by atoms with van der Waals surface area (Å²) in [6.07, 6.45) is -0.882. The van der Waals surface area contributed by atoms with E-state index in [4.69, 9.17) is 4.74 Å². The highest BCUT2D eigenvalue weighted by Crippen LogP contribution is 2.24. The number of carbonyl (C=O) groups excluding carboxylic acids is 2. The molecule has 0 amide bonds. The van der Waals surface area contributed by atoms with E-state index >= 15 is 0 Å². The van der Waals surface area contributed by atoms with Gasteiger partial charge >= 0.3 is 5.97 Å². The zero-order valence-electron chi connectivity index (χ0n) is 18.5. The van der Waals surface area contributed by atoms with Crippen molar-refractivity contribution in [3.05, 3.63) is 111 Å². The van der Waals surface area contributed by atoms with Crippen LogP contribution >= 0.6 is 0 Å². The van der Waals surface area contributed by atoms with Crippen molar-refractivity contribution in [1.29, 1.82) is 0 Å². The van der Waals surface area contributed by atoms with Crippen molar-refractivity contribution in [2.75, 3.05) is 0 Å². The van der Waals surface area contributed by atoms with Gasteiger partial charge in [0.05, 0.1) is 17.3 Å². The molecule has 0 aliphatic carbocycles. The maximum Gasteiger partial charge on any atom is 0.307 e. The summed E-state index contributed by atoms with van der Waals surface area (Å²) < 4.78 is 5.65. The molecular weight excluding hydrogens is 416 g/mol. The fraction of sp³-hybridized carbons (Fsp3) is 0.185. The van der Waals surface area contributed by atoms with Gasteiger partial charge in [0.25, 0.3) is 5.56 Å². The number of para-hydroxylation sites is 1. The van der Waals surface area contributed by atoms with Gasteiger partial charge in [-0.2, -0.15) is 0 Å². The number of aromatic nitrogens is 2. The van der Waals surface area contributed by atoms with Crippen LogP contribution in [0.5, 0.6) is 0 Å². The Hall–Kier alpha value is -4.06. The lowest BCUT2D eigenvalue weighted by Crippen LogP contribution is -2.21. The highest BCUT2D eigenvalue weighted by molar-refractivity contribution is 6.01. The van der Waals surface area contributed by atoms with Crippen LogP contribution in [0, 0.1) is 13.8 Å². The molecule has 0 spiro atoms. The molecule has 0 aliphatic heterocycles. The van der Waals surface area contributed by atoms with Gasteiger partial charge < -0.3 is 9.72 Å². The molecule has 4 rings (SSSR count). The Morgan fingerprint density at radius 3 is 2.24 bits per heavy atom. The van der Waals surface area contributed by atoms with E-state index in [1.165, 1.54) is 0 Å². The van der Waals surface area contributed by atoms with Crippen LogP contribution in [0.1, 0.15) is 45.4 Å². The van der Waals surface area contributed by atoms with Gasteiger partial charge in [-0.3, -0.25) is 14.4 Å². The number of rotatable bonds is 7. The highest BCUT2D eigenvalue weighted by Gasteiger charge is 2.26. The second-order valence-corrected chi connectivity index (χ2v) is 8.04. The summed E-state index contributed by atoms with van der Waals surface area (Å²) in [5.74, 6) is -0.436. The third-order valence-corrected chi connectivity index (χ3v) is 5.43. The maximum atomic E-state index is 13.2. The van der Waals surface area contributed by atoms with Crippen LogP contribution in [0.15, 0.2) is 77.6 Å². The van der Waals surface area contributed by atoms with Crippen molar-refractivity contribution < 1.29 is 14.3 Å². The van der Waals surface area contributed by atoms with Crippen molar-refractivity contribution in [2.45, 2.75) is 32.8 Å². The standard InChI is InChI=1S/C27H24N2O4/c1-17-7-11-19(12-8-17)25(31)26(20-13-9-18(2)10-14-20)33-24(30)16-15-23-28-22-6-4-3-5-21(22)27(32)29-23/h3-14,26H,15-16H2,1-2H3,(H,28,29,32)/t26-/m1/s1. The number of aromatic amines is 1. The monoisotopic (exact) mass is 440 g/mol. The number of H-pyrrole nitrogens is 1. The van der Waals surface area contributed by atoms with Gasteiger partial charge in [-0.25, -0.2) is 4.98 Å². The predicted molar refractivity (Wildman–Crippen MR) is 126 cm³/mol. The van der Waals surface area contributed by atoms with Crippen LogP contribution in [0.4, 0.5) is 0 Å². The minimum Gasteiger partial charge on any atom is -0.449 e. The normalized spacial score (nSPS) is 11.8. The molecule has 166 valence electrons. The van der Waals surface area contributed by atoms with Crippen LogP contribution < -0.4 is 5.56 Å². The first kappa shape index (κ1) is 22.1. The molecule has 1 aromatic heterocycles. The van der Waals surface area contributed by atoms with E-state index in [0.29, 0.717) is 27.9 Å². The minimum absolute atomic E-state index is 0.0230. The number of carbonyl (C=O) groups is 2. The molecule has 1 N–H and O–H groups in total. The Bertz CT molecular complexity index is 1360. The van der Waals surface area contributed by atoms with E-state index < -0.39 is 12.1 Å². The Morgan fingerprint density at radius 1 is 0.909 bits per heavy atom. The number of nitrogens with one attached hydrogen (secondary N) is 1. The van der Waals surface area contributed by atoms with Crippen molar-refractivity contribution in [1.82, 2.24) is 9.97 Å². The molecule has 6 heteroatoms. The van der Waals surface area contributed by atoms with Crippen LogP contribution in [0.2, 0.25) is 0 Å². The number of hydrogen-bond donors (Lipinski definition) is 1. The minimum atomic E-state index is -1.05. The SMILES string of the molecule is Cc1ccc(C(=O)[C@H](OC(=O)CCc2nc3ccccc3c(=O)[nH]2)c2ccc(C)cc2)cc1. The van der Waals surface area contributed by atoms with Gasteiger partial charge in [-0.05, 0) is 26.0 Å². The molecule has 1 heterocycles. The smallest absolute Gasteiger partial charge is 0.307 e. The summed E-state index contributed by atoms with van der Waals surface area (Å²) in [6.45, 7) is 3.89. The quantitative estimate of drug-likeness (QED) is 0.334. The van der Waals surface area contributed by atoms with Gasteiger partial charge in [0, 0.05) is 17.5 Å². The third kappa shape index (κ3) is 5.23. The predicted octanol–water partition coefficient (Wildman–Crippen LogP) is 4.64. The first-order valence-electron chi connectivity index (χ1n) is 10.8. The molecule has 6 nitrogen and oxygen atoms in total. The van der Waals surface area contributed by atoms with Crippen LogP contribution in [0.25, 0.3) is 10.9 Å². The van der Waals surface area contributed by atoms with E-state index in [2.05, 4.69) is 9.97 Å². The number of ether oxygens (including phenoxy) is 1. The number of Topliss-reactive ketones (excluding diaryl/α,β-unsaturated/α-hetero) is 1. The lowest BCUT2D eigenvalue weighted by atomic mass is 9.98. The Morgan fingerprint density at radius 2 is 1.55 bits per heavy atom. The van der Waals surface area contributed by atoms with Crippen molar-refractivity contribution >= 4 is 22.7 Å². The van der Waals surface area contributed by atoms with Crippen molar-refractivity contribution in [3.63, 3.8) is 0 Å². The maximum absolute atomic E-state index is 13.2. The van der Waals surface area contributed by atoms with Gasteiger partial charge in [0.1, 0.15) is 5.82 Å². The molecule has 1 atom stereocenters. The summed E-state index contributed by atoms with van der Waals surface area (Å²) in [7, 11) is 0. The Labute approximate surface area is 191 Å². The number of aryl methyl sites for hydroxylation is 3. The van der Waals surface area contributed by atoms with Crippen LogP contribution in [0.3, 0.4) is 0 Å². The van der Waals surface area contributed by atoms with E-state index in [0.717, 1.165) is 11.1 Å². The van der Waals surface area contributed by atoms with Crippen molar-refractivity contribution in [2.24, 2.45) is 0 Å². The third-order valence-electron chi connectivity index (χ3n) is 5.43. The van der Waals surface area contributed by atoms with Gasteiger partial charge in [0.15, 0.2) is 6.10 Å². The molecule has 0 saturated carbocycles. The fourth-order valence-electron chi connectivity index (χ4n) is 3.55. The summed E-state index contributed by atoms with van der Waals surface area (Å²) in [5.41, 5.74) is 3.47. The van der Waals surface area contributed by atoms with E-state index in [-0.39, 0.29) is 24.2 Å². The van der Waals surface area contributed by atoms with E-state index in [1.807, 2.05) is 38.1 Å². The van der Waals surface area contributed by atoms with Crippen LogP contribution in [-0.4, -0.2) is 21.7 Å². The average molecular weight is 440 g/mol. The topological polar surface area (TPSA) is 89.1 Å². The molecule has 0 aliphatic rings.